The van der Waals surface area contributed by atoms with Crippen molar-refractivity contribution in [3.63, 3.8) is 0 Å². The predicted molar refractivity (Wildman–Crippen MR) is 82.3 cm³/mol. The van der Waals surface area contributed by atoms with E-state index in [1.54, 1.807) is 0 Å². The third kappa shape index (κ3) is 3.32. The lowest BCUT2D eigenvalue weighted by Crippen LogP contribution is -2.14. The summed E-state index contributed by atoms with van der Waals surface area (Å²) in [4.78, 5) is 26.5. The number of carbonyl (C=O) groups excluding carboxylic acids is 1. The lowest BCUT2D eigenvalue weighted by Gasteiger charge is -2.08. The van der Waals surface area contributed by atoms with E-state index in [1.165, 1.54) is 29.5 Å². The van der Waals surface area contributed by atoms with Crippen LogP contribution in [0.1, 0.15) is 10.4 Å². The second-order valence-corrected chi connectivity index (χ2v) is 4.88. The summed E-state index contributed by atoms with van der Waals surface area (Å²) in [5.74, 6) is -2.52. The molecular weight excluding hydrogens is 336 g/mol. The van der Waals surface area contributed by atoms with Crippen molar-refractivity contribution < 1.29 is 18.5 Å². The first-order valence-corrected chi connectivity index (χ1v) is 6.85. The van der Waals surface area contributed by atoms with Crippen molar-refractivity contribution in [1.29, 1.82) is 0 Å². The molecule has 0 saturated carbocycles. The van der Waals surface area contributed by atoms with Crippen LogP contribution in [0, 0.1) is 21.7 Å². The van der Waals surface area contributed by atoms with Crippen LogP contribution in [-0.2, 0) is 0 Å². The highest BCUT2D eigenvalue weighted by atomic mass is 19.1. The van der Waals surface area contributed by atoms with Gasteiger partial charge in [0.15, 0.2) is 0 Å². The number of nitrogens with zero attached hydrogens (tertiary/aromatic N) is 4. The molecule has 10 heteroatoms. The van der Waals surface area contributed by atoms with Gasteiger partial charge < -0.3 is 5.32 Å². The van der Waals surface area contributed by atoms with Crippen LogP contribution >= 0.6 is 0 Å². The van der Waals surface area contributed by atoms with Gasteiger partial charge in [0.05, 0.1) is 10.6 Å². The average molecular weight is 345 g/mol. The molecule has 3 rings (SSSR count). The number of carbonyl (C=O) groups is 1. The molecule has 1 amide bonds. The molecule has 0 aliphatic carbocycles. The number of amides is 1. The third-order valence-electron chi connectivity index (χ3n) is 3.28. The fraction of sp³-hybridized carbons (Fsp3) is 0. The zero-order valence-corrected chi connectivity index (χ0v) is 12.4. The quantitative estimate of drug-likeness (QED) is 0.578. The van der Waals surface area contributed by atoms with Gasteiger partial charge in [-0.3, -0.25) is 14.9 Å². The number of rotatable bonds is 4. The molecule has 25 heavy (non-hydrogen) atoms. The summed E-state index contributed by atoms with van der Waals surface area (Å²) in [6.07, 6.45) is 2.48. The average Bonchev–Trinajstić information content (AvgIpc) is 3.11. The van der Waals surface area contributed by atoms with Crippen molar-refractivity contribution in [1.82, 2.24) is 14.8 Å². The second kappa shape index (κ2) is 6.43. The Morgan fingerprint density at radius 1 is 1.20 bits per heavy atom. The Balaban J connectivity index is 1.93. The summed E-state index contributed by atoms with van der Waals surface area (Å²) in [6, 6.07) is 6.33. The van der Waals surface area contributed by atoms with Gasteiger partial charge in [0.25, 0.3) is 11.6 Å². The molecule has 0 spiro atoms. The van der Waals surface area contributed by atoms with Gasteiger partial charge in [0.2, 0.25) is 0 Å². The highest BCUT2D eigenvalue weighted by molar-refractivity contribution is 6.05. The van der Waals surface area contributed by atoms with Crippen molar-refractivity contribution >= 4 is 17.3 Å². The van der Waals surface area contributed by atoms with E-state index in [0.717, 1.165) is 18.2 Å². The van der Waals surface area contributed by atoms with E-state index in [4.69, 9.17) is 0 Å². The van der Waals surface area contributed by atoms with Crippen LogP contribution in [0.5, 0.6) is 0 Å². The van der Waals surface area contributed by atoms with Gasteiger partial charge >= 0.3 is 0 Å². The van der Waals surface area contributed by atoms with Crippen LogP contribution in [0.3, 0.4) is 0 Å². The normalized spacial score (nSPS) is 10.5. The molecular formula is C15H9F2N5O3. The van der Waals surface area contributed by atoms with Gasteiger partial charge in [0, 0.05) is 17.7 Å². The lowest BCUT2D eigenvalue weighted by molar-refractivity contribution is -0.384. The van der Waals surface area contributed by atoms with E-state index < -0.39 is 22.5 Å². The number of benzene rings is 2. The molecule has 0 aliphatic heterocycles. The van der Waals surface area contributed by atoms with Crippen molar-refractivity contribution in [2.45, 2.75) is 0 Å². The van der Waals surface area contributed by atoms with Crippen LogP contribution in [0.15, 0.2) is 49.1 Å². The first-order chi connectivity index (χ1) is 12.0. The Labute approximate surface area is 138 Å². The van der Waals surface area contributed by atoms with Gasteiger partial charge in [0.1, 0.15) is 30.0 Å². The van der Waals surface area contributed by atoms with E-state index in [1.807, 2.05) is 0 Å². The molecule has 3 aromatic rings. The first-order valence-electron chi connectivity index (χ1n) is 6.85. The van der Waals surface area contributed by atoms with Crippen LogP contribution < -0.4 is 5.32 Å². The van der Waals surface area contributed by atoms with E-state index in [0.29, 0.717) is 6.07 Å². The Morgan fingerprint density at radius 2 is 2.00 bits per heavy atom. The number of halogens is 2. The Bertz CT molecular complexity index is 960. The molecule has 126 valence electrons. The maximum Gasteiger partial charge on any atom is 0.295 e. The molecule has 2 aromatic carbocycles. The van der Waals surface area contributed by atoms with Gasteiger partial charge in [-0.1, -0.05) is 0 Å². The SMILES string of the molecule is O=C(Nc1ccc(F)cc1F)c1ccc(-n2cncn2)c([N+](=O)[O-])c1. The zero-order valence-electron chi connectivity index (χ0n) is 12.4. The van der Waals surface area contributed by atoms with Gasteiger partial charge in [-0.25, -0.2) is 18.4 Å². The number of hydrogen-bond donors (Lipinski definition) is 1. The number of nitrogens with one attached hydrogen (secondary N) is 1. The number of nitro benzene ring substituents is 1. The Hall–Kier alpha value is -3.69. The number of anilines is 1. The predicted octanol–water partition coefficient (Wildman–Crippen LogP) is 2.71. The summed E-state index contributed by atoms with van der Waals surface area (Å²) in [6.45, 7) is 0. The third-order valence-corrected chi connectivity index (χ3v) is 3.28. The van der Waals surface area contributed by atoms with Crippen LogP contribution in [0.4, 0.5) is 20.2 Å². The molecule has 1 aromatic heterocycles. The number of aromatic nitrogens is 3. The fourth-order valence-corrected chi connectivity index (χ4v) is 2.12. The molecule has 1 N–H and O–H groups in total. The molecule has 0 fully saturated rings. The Kier molecular flexibility index (Phi) is 4.16. The molecule has 0 bridgehead atoms. The molecule has 0 unspecified atom stereocenters. The lowest BCUT2D eigenvalue weighted by atomic mass is 10.1. The largest absolute Gasteiger partial charge is 0.319 e. The van der Waals surface area contributed by atoms with Crippen molar-refractivity contribution in [3.05, 3.63) is 76.4 Å². The fourth-order valence-electron chi connectivity index (χ4n) is 2.12. The number of nitro groups is 1. The van der Waals surface area contributed by atoms with Crippen molar-refractivity contribution in [3.8, 4) is 5.69 Å². The van der Waals surface area contributed by atoms with Crippen LogP contribution in [0.2, 0.25) is 0 Å². The molecule has 8 nitrogen and oxygen atoms in total. The van der Waals surface area contributed by atoms with Gasteiger partial charge in [-0.15, -0.1) is 0 Å². The first kappa shape index (κ1) is 16.2. The van der Waals surface area contributed by atoms with Crippen LogP contribution in [-0.4, -0.2) is 25.6 Å². The zero-order chi connectivity index (χ0) is 18.0. The summed E-state index contributed by atoms with van der Waals surface area (Å²) >= 11 is 0. The summed E-state index contributed by atoms with van der Waals surface area (Å²) in [7, 11) is 0. The molecule has 0 aliphatic rings. The van der Waals surface area contributed by atoms with Gasteiger partial charge in [-0.05, 0) is 24.3 Å². The highest BCUT2D eigenvalue weighted by Gasteiger charge is 2.20. The molecule has 0 atom stereocenters. The summed E-state index contributed by atoms with van der Waals surface area (Å²) in [5.41, 5.74) is -0.571. The summed E-state index contributed by atoms with van der Waals surface area (Å²) in [5, 5.41) is 17.3. The number of hydrogen-bond acceptors (Lipinski definition) is 5. The topological polar surface area (TPSA) is 103 Å². The minimum absolute atomic E-state index is 0.0701. The van der Waals surface area contributed by atoms with Gasteiger partial charge in [-0.2, -0.15) is 5.10 Å². The molecule has 0 saturated heterocycles. The van der Waals surface area contributed by atoms with E-state index >= 15 is 0 Å². The minimum Gasteiger partial charge on any atom is -0.319 e. The van der Waals surface area contributed by atoms with Crippen LogP contribution in [0.25, 0.3) is 5.69 Å². The van der Waals surface area contributed by atoms with E-state index in [-0.39, 0.29) is 22.6 Å². The smallest absolute Gasteiger partial charge is 0.295 e. The van der Waals surface area contributed by atoms with E-state index in [9.17, 15) is 23.7 Å². The monoisotopic (exact) mass is 345 g/mol. The minimum atomic E-state index is -0.956. The van der Waals surface area contributed by atoms with E-state index in [2.05, 4.69) is 15.4 Å². The molecule has 1 heterocycles. The maximum atomic E-state index is 13.6. The highest BCUT2D eigenvalue weighted by Crippen LogP contribution is 2.24. The standard InChI is InChI=1S/C15H9F2N5O3/c16-10-2-3-12(11(17)6-10)20-15(23)9-1-4-13(14(5-9)22(24)25)21-8-18-7-19-21/h1-8H,(H,20,23). The van der Waals surface area contributed by atoms with Crippen molar-refractivity contribution in [2.24, 2.45) is 0 Å². The second-order valence-electron chi connectivity index (χ2n) is 4.88. The Morgan fingerprint density at radius 3 is 2.64 bits per heavy atom. The van der Waals surface area contributed by atoms with Crippen molar-refractivity contribution in [2.75, 3.05) is 5.32 Å². The molecule has 0 radical (unpaired) electrons. The summed E-state index contributed by atoms with van der Waals surface area (Å²) < 4.78 is 27.7. The maximum absolute atomic E-state index is 13.6.